The molecule has 0 saturated heterocycles. The Morgan fingerprint density at radius 2 is 2.15 bits per heavy atom. The predicted molar refractivity (Wildman–Crippen MR) is 79.4 cm³/mol. The van der Waals surface area contributed by atoms with Crippen LogP contribution in [0, 0.1) is 0 Å². The van der Waals surface area contributed by atoms with Gasteiger partial charge in [0.05, 0.1) is 10.9 Å². The molecular weight excluding hydrogens is 254 g/mol. The minimum atomic E-state index is -0.203. The molecule has 0 fully saturated rings. The minimum absolute atomic E-state index is 0.135. The molecule has 104 valence electrons. The first kappa shape index (κ1) is 14.1. The van der Waals surface area contributed by atoms with Crippen molar-refractivity contribution in [3.8, 4) is 0 Å². The van der Waals surface area contributed by atoms with E-state index in [1.54, 1.807) is 18.2 Å². The summed E-state index contributed by atoms with van der Waals surface area (Å²) in [7, 11) is 0. The maximum Gasteiger partial charge on any atom is 0.244 e. The Morgan fingerprint density at radius 1 is 1.35 bits per heavy atom. The number of carbonyl (C=O) groups excluding carboxylic acids is 1. The summed E-state index contributed by atoms with van der Waals surface area (Å²) in [6, 6.07) is 7.04. The van der Waals surface area contributed by atoms with Crippen LogP contribution in [0.4, 0.5) is 0 Å². The molecule has 0 unspecified atom stereocenters. The van der Waals surface area contributed by atoms with Crippen LogP contribution in [-0.2, 0) is 4.79 Å². The molecule has 1 heterocycles. The average Bonchev–Trinajstić information content (AvgIpc) is 2.47. The third-order valence-electron chi connectivity index (χ3n) is 2.95. The second-order valence-electron chi connectivity index (χ2n) is 4.49. The zero-order valence-corrected chi connectivity index (χ0v) is 11.4. The Balaban J connectivity index is 2.16. The van der Waals surface area contributed by atoms with Crippen molar-refractivity contribution < 1.29 is 9.21 Å². The molecule has 0 atom stereocenters. The molecule has 0 spiro atoms. The Morgan fingerprint density at radius 3 is 2.95 bits per heavy atom. The van der Waals surface area contributed by atoms with E-state index < -0.39 is 0 Å². The van der Waals surface area contributed by atoms with E-state index in [-0.39, 0.29) is 11.3 Å². The van der Waals surface area contributed by atoms with Crippen molar-refractivity contribution in [3.63, 3.8) is 0 Å². The van der Waals surface area contributed by atoms with Gasteiger partial charge in [-0.25, -0.2) is 0 Å². The molecule has 2 aromatic rings. The van der Waals surface area contributed by atoms with E-state index >= 15 is 0 Å². The molecule has 1 aromatic carbocycles. The molecule has 0 saturated carbocycles. The lowest BCUT2D eigenvalue weighted by molar-refractivity contribution is -0.116. The van der Waals surface area contributed by atoms with Crippen molar-refractivity contribution in [1.82, 2.24) is 5.32 Å². The minimum Gasteiger partial charge on any atom is -0.463 e. The first-order valence-corrected chi connectivity index (χ1v) is 6.69. The molecule has 1 N–H and O–H groups in total. The van der Waals surface area contributed by atoms with Crippen molar-refractivity contribution in [2.45, 2.75) is 19.8 Å². The van der Waals surface area contributed by atoms with E-state index in [0.717, 1.165) is 12.8 Å². The molecule has 20 heavy (non-hydrogen) atoms. The fourth-order valence-corrected chi connectivity index (χ4v) is 1.82. The van der Waals surface area contributed by atoms with Crippen LogP contribution in [0.3, 0.4) is 0 Å². The highest BCUT2D eigenvalue weighted by Crippen LogP contribution is 2.10. The van der Waals surface area contributed by atoms with Crippen LogP contribution in [0.15, 0.2) is 45.8 Å². The maximum atomic E-state index is 12.2. The highest BCUT2D eigenvalue weighted by Gasteiger charge is 2.04. The van der Waals surface area contributed by atoms with Crippen LogP contribution in [-0.4, -0.2) is 12.5 Å². The molecule has 1 aromatic heterocycles. The summed E-state index contributed by atoms with van der Waals surface area (Å²) in [6.45, 7) is 2.70. The van der Waals surface area contributed by atoms with E-state index in [9.17, 15) is 9.59 Å². The van der Waals surface area contributed by atoms with Gasteiger partial charge in [-0.3, -0.25) is 9.59 Å². The van der Waals surface area contributed by atoms with E-state index in [2.05, 4.69) is 12.2 Å². The fourth-order valence-electron chi connectivity index (χ4n) is 1.82. The summed E-state index contributed by atoms with van der Waals surface area (Å²) in [5, 5.41) is 3.27. The van der Waals surface area contributed by atoms with Crippen LogP contribution in [0.5, 0.6) is 0 Å². The molecule has 0 aliphatic carbocycles. The number of hydrogen-bond donors (Lipinski definition) is 1. The number of hydrogen-bond acceptors (Lipinski definition) is 3. The standard InChI is InChI=1S/C16H17NO3/c1-2-3-10-17-15(18)9-8-12-11-20-14-7-5-4-6-13(14)16(12)19/h4-9,11H,2-3,10H2,1H3,(H,17,18)/b9-8+. The molecule has 4 heteroatoms. The summed E-state index contributed by atoms with van der Waals surface area (Å²) >= 11 is 0. The van der Waals surface area contributed by atoms with Crippen molar-refractivity contribution in [3.05, 3.63) is 52.4 Å². The normalized spacial score (nSPS) is 11.1. The van der Waals surface area contributed by atoms with Gasteiger partial charge in [-0.2, -0.15) is 0 Å². The third kappa shape index (κ3) is 3.35. The number of unbranched alkanes of at least 4 members (excludes halogenated alkanes) is 1. The van der Waals surface area contributed by atoms with Gasteiger partial charge >= 0.3 is 0 Å². The van der Waals surface area contributed by atoms with Crippen LogP contribution < -0.4 is 10.7 Å². The lowest BCUT2D eigenvalue weighted by atomic mass is 10.1. The lowest BCUT2D eigenvalue weighted by Crippen LogP contribution is -2.21. The van der Waals surface area contributed by atoms with Gasteiger partial charge in [0.2, 0.25) is 5.91 Å². The van der Waals surface area contributed by atoms with E-state index in [0.29, 0.717) is 23.1 Å². The van der Waals surface area contributed by atoms with Crippen LogP contribution >= 0.6 is 0 Å². The number of carbonyl (C=O) groups is 1. The lowest BCUT2D eigenvalue weighted by Gasteiger charge is -2.00. The van der Waals surface area contributed by atoms with Gasteiger partial charge in [-0.15, -0.1) is 0 Å². The highest BCUT2D eigenvalue weighted by molar-refractivity contribution is 5.92. The van der Waals surface area contributed by atoms with Crippen molar-refractivity contribution >= 4 is 23.0 Å². The van der Waals surface area contributed by atoms with Gasteiger partial charge in [0, 0.05) is 12.6 Å². The first-order chi connectivity index (χ1) is 9.72. The van der Waals surface area contributed by atoms with Crippen LogP contribution in [0.1, 0.15) is 25.3 Å². The quantitative estimate of drug-likeness (QED) is 0.672. The number of para-hydroxylation sites is 1. The molecule has 1 amide bonds. The number of nitrogens with one attached hydrogen (secondary N) is 1. The van der Waals surface area contributed by atoms with Gasteiger partial charge in [-0.1, -0.05) is 25.5 Å². The number of rotatable bonds is 5. The summed E-state index contributed by atoms with van der Waals surface area (Å²) in [6.07, 6.45) is 6.19. The third-order valence-corrected chi connectivity index (χ3v) is 2.95. The summed E-state index contributed by atoms with van der Waals surface area (Å²) < 4.78 is 5.37. The zero-order valence-electron chi connectivity index (χ0n) is 11.4. The van der Waals surface area contributed by atoms with Gasteiger partial charge in [0.25, 0.3) is 0 Å². The van der Waals surface area contributed by atoms with Gasteiger partial charge in [0.1, 0.15) is 11.8 Å². The summed E-state index contributed by atoms with van der Waals surface area (Å²) in [5.74, 6) is -0.203. The van der Waals surface area contributed by atoms with Gasteiger partial charge < -0.3 is 9.73 Å². The maximum absolute atomic E-state index is 12.2. The number of benzene rings is 1. The highest BCUT2D eigenvalue weighted by atomic mass is 16.3. The number of amides is 1. The second kappa shape index (κ2) is 6.70. The Kier molecular flexibility index (Phi) is 4.71. The molecule has 0 aliphatic heterocycles. The number of fused-ring (bicyclic) bond motifs is 1. The molecule has 4 nitrogen and oxygen atoms in total. The SMILES string of the molecule is CCCCNC(=O)/C=C/c1coc2ccccc2c1=O. The Labute approximate surface area is 117 Å². The molecule has 2 rings (SSSR count). The Hall–Kier alpha value is -2.36. The van der Waals surface area contributed by atoms with E-state index in [4.69, 9.17) is 4.42 Å². The first-order valence-electron chi connectivity index (χ1n) is 6.69. The van der Waals surface area contributed by atoms with Gasteiger partial charge in [-0.05, 0) is 24.6 Å². The van der Waals surface area contributed by atoms with E-state index in [1.807, 2.05) is 6.07 Å². The molecular formula is C16H17NO3. The second-order valence-corrected chi connectivity index (χ2v) is 4.49. The predicted octanol–water partition coefficient (Wildman–Crippen LogP) is 2.72. The van der Waals surface area contributed by atoms with Crippen molar-refractivity contribution in [2.75, 3.05) is 6.54 Å². The molecule has 0 bridgehead atoms. The topological polar surface area (TPSA) is 59.3 Å². The molecule has 0 aliphatic rings. The Bertz CT molecular complexity index is 685. The zero-order chi connectivity index (χ0) is 14.4. The van der Waals surface area contributed by atoms with Crippen LogP contribution in [0.25, 0.3) is 17.0 Å². The fraction of sp³-hybridized carbons (Fsp3) is 0.250. The summed E-state index contributed by atoms with van der Waals surface area (Å²) in [5.41, 5.74) is 0.779. The van der Waals surface area contributed by atoms with Gasteiger partial charge in [0.15, 0.2) is 5.43 Å². The van der Waals surface area contributed by atoms with Crippen molar-refractivity contribution in [1.29, 1.82) is 0 Å². The van der Waals surface area contributed by atoms with Crippen molar-refractivity contribution in [2.24, 2.45) is 0 Å². The largest absolute Gasteiger partial charge is 0.463 e. The van der Waals surface area contributed by atoms with E-state index in [1.165, 1.54) is 18.4 Å². The average molecular weight is 271 g/mol. The monoisotopic (exact) mass is 271 g/mol. The molecule has 0 radical (unpaired) electrons. The smallest absolute Gasteiger partial charge is 0.244 e. The van der Waals surface area contributed by atoms with Crippen LogP contribution in [0.2, 0.25) is 0 Å². The summed E-state index contributed by atoms with van der Waals surface area (Å²) in [4.78, 5) is 23.7.